The van der Waals surface area contributed by atoms with E-state index in [4.69, 9.17) is 14.0 Å². The second-order valence-electron chi connectivity index (χ2n) is 8.99. The van der Waals surface area contributed by atoms with Crippen LogP contribution in [-0.2, 0) is 18.8 Å². The van der Waals surface area contributed by atoms with Gasteiger partial charge < -0.3 is 24.1 Å². The monoisotopic (exact) mass is 419 g/mol. The fourth-order valence-electron chi connectivity index (χ4n) is 2.51. The molecule has 0 aromatic carbocycles. The van der Waals surface area contributed by atoms with Crippen molar-refractivity contribution in [1.82, 2.24) is 15.3 Å². The van der Waals surface area contributed by atoms with E-state index in [-0.39, 0.29) is 12.4 Å². The molecule has 164 valence electrons. The molecule has 1 amide bonds. The fourth-order valence-corrected chi connectivity index (χ4v) is 2.51. The van der Waals surface area contributed by atoms with Crippen LogP contribution >= 0.6 is 0 Å². The molecule has 0 radical (unpaired) electrons. The van der Waals surface area contributed by atoms with Crippen LogP contribution in [0.4, 0.5) is 4.79 Å². The number of amides is 1. The van der Waals surface area contributed by atoms with Crippen LogP contribution in [0.5, 0.6) is 0 Å². The number of methoxy groups -OCH3 is 1. The maximum absolute atomic E-state index is 12.1. The van der Waals surface area contributed by atoms with Gasteiger partial charge in [0.1, 0.15) is 5.60 Å². The second kappa shape index (κ2) is 8.73. The minimum Gasteiger partial charge on any atom is -0.463 e. The van der Waals surface area contributed by atoms with Gasteiger partial charge in [-0.3, -0.25) is 0 Å². The summed E-state index contributed by atoms with van der Waals surface area (Å²) in [6.07, 6.45) is 4.17. The first-order valence-electron chi connectivity index (χ1n) is 9.67. The van der Waals surface area contributed by atoms with Crippen molar-refractivity contribution in [3.8, 4) is 0 Å². The van der Waals surface area contributed by atoms with E-state index in [0.29, 0.717) is 11.0 Å². The lowest BCUT2D eigenvalue weighted by Gasteiger charge is -2.32. The van der Waals surface area contributed by atoms with Gasteiger partial charge in [0, 0.05) is 24.5 Å². The number of nitrogens with zero attached hydrogens (tertiary/aromatic N) is 2. The SMILES string of the molecule is COC(=O)c1ncc(C=C(CNC(=O)OC(C)(C)C)B2OC(C)(C)C(C)(C)O2)cn1. The molecule has 1 aliphatic rings. The molecule has 1 aromatic rings. The standard InChI is InChI=1S/C20H30BN3O6/c1-18(2,3)28-17(26)24-12-14(21-29-19(4,5)20(6,7)30-21)9-13-10-22-15(23-11-13)16(25)27-8/h9-11H,12H2,1-8H3,(H,24,26). The highest BCUT2D eigenvalue weighted by Crippen LogP contribution is 2.38. The highest BCUT2D eigenvalue weighted by Gasteiger charge is 2.52. The van der Waals surface area contributed by atoms with Gasteiger partial charge in [-0.05, 0) is 53.9 Å². The third-order valence-corrected chi connectivity index (χ3v) is 4.78. The molecule has 1 N–H and O–H groups in total. The second-order valence-corrected chi connectivity index (χ2v) is 8.99. The molecule has 0 bridgehead atoms. The van der Waals surface area contributed by atoms with Gasteiger partial charge in [0.2, 0.25) is 5.82 Å². The van der Waals surface area contributed by atoms with Crippen molar-refractivity contribution in [3.63, 3.8) is 0 Å². The molecule has 10 heteroatoms. The number of carbonyl (C=O) groups excluding carboxylic acids is 2. The molecule has 2 heterocycles. The highest BCUT2D eigenvalue weighted by molar-refractivity contribution is 6.56. The van der Waals surface area contributed by atoms with E-state index in [1.54, 1.807) is 26.8 Å². The Balaban J connectivity index is 2.26. The molecule has 1 saturated heterocycles. The number of aromatic nitrogens is 2. The summed E-state index contributed by atoms with van der Waals surface area (Å²) in [6.45, 7) is 13.3. The van der Waals surface area contributed by atoms with E-state index >= 15 is 0 Å². The van der Waals surface area contributed by atoms with E-state index in [1.807, 2.05) is 27.7 Å². The number of alkyl carbamates (subject to hydrolysis) is 1. The van der Waals surface area contributed by atoms with Gasteiger partial charge in [0.05, 0.1) is 18.3 Å². The molecule has 1 fully saturated rings. The summed E-state index contributed by atoms with van der Waals surface area (Å²) in [4.78, 5) is 31.7. The number of nitrogens with one attached hydrogen (secondary N) is 1. The van der Waals surface area contributed by atoms with E-state index in [9.17, 15) is 9.59 Å². The summed E-state index contributed by atoms with van der Waals surface area (Å²) < 4.78 is 22.1. The van der Waals surface area contributed by atoms with Crippen LogP contribution in [0.2, 0.25) is 0 Å². The molecule has 9 nitrogen and oxygen atoms in total. The van der Waals surface area contributed by atoms with Gasteiger partial charge in [-0.1, -0.05) is 6.08 Å². The smallest absolute Gasteiger partial charge is 0.463 e. The molecule has 0 spiro atoms. The third-order valence-electron chi connectivity index (χ3n) is 4.78. The lowest BCUT2D eigenvalue weighted by Crippen LogP contribution is -2.41. The quantitative estimate of drug-likeness (QED) is 0.573. The number of hydrogen-bond acceptors (Lipinski definition) is 8. The maximum Gasteiger partial charge on any atom is 0.492 e. The van der Waals surface area contributed by atoms with Crippen molar-refractivity contribution < 1.29 is 28.4 Å². The van der Waals surface area contributed by atoms with Crippen LogP contribution in [0, 0.1) is 0 Å². The molecule has 0 atom stereocenters. The van der Waals surface area contributed by atoms with Crippen molar-refractivity contribution >= 4 is 25.3 Å². The normalized spacial score (nSPS) is 18.1. The fraction of sp³-hybridized carbons (Fsp3) is 0.600. The molecular weight excluding hydrogens is 389 g/mol. The minimum absolute atomic E-state index is 0.0429. The van der Waals surface area contributed by atoms with Crippen molar-refractivity contribution in [1.29, 1.82) is 0 Å². The lowest BCUT2D eigenvalue weighted by atomic mass is 9.77. The summed E-state index contributed by atoms with van der Waals surface area (Å²) in [7, 11) is 0.573. The summed E-state index contributed by atoms with van der Waals surface area (Å²) >= 11 is 0. The van der Waals surface area contributed by atoms with E-state index < -0.39 is 36.0 Å². The van der Waals surface area contributed by atoms with E-state index in [2.05, 4.69) is 20.0 Å². The largest absolute Gasteiger partial charge is 0.492 e. The average molecular weight is 419 g/mol. The molecule has 0 aliphatic carbocycles. The number of rotatable bonds is 5. The van der Waals surface area contributed by atoms with Crippen LogP contribution in [-0.4, -0.2) is 59.6 Å². The lowest BCUT2D eigenvalue weighted by molar-refractivity contribution is 0.00578. The Hall–Kier alpha value is -2.46. The molecule has 30 heavy (non-hydrogen) atoms. The molecule has 2 rings (SSSR count). The predicted molar refractivity (Wildman–Crippen MR) is 112 cm³/mol. The minimum atomic E-state index is -0.690. The van der Waals surface area contributed by atoms with E-state index in [1.165, 1.54) is 19.5 Å². The number of hydrogen-bond donors (Lipinski definition) is 1. The van der Waals surface area contributed by atoms with Gasteiger partial charge in [0.25, 0.3) is 0 Å². The number of carbonyl (C=O) groups is 2. The van der Waals surface area contributed by atoms with Gasteiger partial charge in [0.15, 0.2) is 0 Å². The van der Waals surface area contributed by atoms with Crippen LogP contribution in [0.15, 0.2) is 17.9 Å². The zero-order valence-corrected chi connectivity index (χ0v) is 18.9. The zero-order valence-electron chi connectivity index (χ0n) is 18.9. The summed E-state index contributed by atoms with van der Waals surface area (Å²) in [5.41, 5.74) is -0.454. The first kappa shape index (κ1) is 23.8. The molecular formula is C20H30BN3O6. The maximum atomic E-state index is 12.1. The van der Waals surface area contributed by atoms with Gasteiger partial charge >= 0.3 is 19.2 Å². The van der Waals surface area contributed by atoms with Crippen molar-refractivity contribution in [2.75, 3.05) is 13.7 Å². The van der Waals surface area contributed by atoms with Gasteiger partial charge in [-0.25, -0.2) is 19.6 Å². The molecule has 0 saturated carbocycles. The molecule has 1 aromatic heterocycles. The Bertz CT molecular complexity index is 799. The first-order valence-corrected chi connectivity index (χ1v) is 9.67. The van der Waals surface area contributed by atoms with Crippen LogP contribution in [0.3, 0.4) is 0 Å². The Kier molecular flexibility index (Phi) is 6.93. The Morgan fingerprint density at radius 3 is 2.13 bits per heavy atom. The summed E-state index contributed by atoms with van der Waals surface area (Å²) in [5.74, 6) is -0.665. The zero-order chi connectivity index (χ0) is 22.7. The Morgan fingerprint density at radius 2 is 1.67 bits per heavy atom. The number of esters is 1. The van der Waals surface area contributed by atoms with Crippen LogP contribution < -0.4 is 5.32 Å². The van der Waals surface area contributed by atoms with Crippen molar-refractivity contribution in [3.05, 3.63) is 29.3 Å². The topological polar surface area (TPSA) is 109 Å². The summed E-state index contributed by atoms with van der Waals surface area (Å²) in [6, 6.07) is 0. The average Bonchev–Trinajstić information content (AvgIpc) is 2.84. The first-order chi connectivity index (χ1) is 13.7. The Morgan fingerprint density at radius 1 is 1.13 bits per heavy atom. The van der Waals surface area contributed by atoms with Crippen molar-refractivity contribution in [2.24, 2.45) is 0 Å². The predicted octanol–water partition coefficient (Wildman–Crippen LogP) is 2.80. The van der Waals surface area contributed by atoms with Gasteiger partial charge in [-0.2, -0.15) is 0 Å². The highest BCUT2D eigenvalue weighted by atomic mass is 16.7. The van der Waals surface area contributed by atoms with Crippen molar-refractivity contribution in [2.45, 2.75) is 65.3 Å². The third kappa shape index (κ3) is 6.02. The summed E-state index contributed by atoms with van der Waals surface area (Å²) in [5, 5.41) is 2.73. The van der Waals surface area contributed by atoms with Crippen LogP contribution in [0.1, 0.15) is 64.6 Å². The van der Waals surface area contributed by atoms with E-state index in [0.717, 1.165) is 0 Å². The van der Waals surface area contributed by atoms with Gasteiger partial charge in [-0.15, -0.1) is 0 Å². The number of ether oxygens (including phenoxy) is 2. The molecule has 0 unspecified atom stereocenters. The Labute approximate surface area is 177 Å². The van der Waals surface area contributed by atoms with Crippen LogP contribution in [0.25, 0.3) is 6.08 Å². The molecule has 1 aliphatic heterocycles.